The molecule has 0 aromatic heterocycles. The fourth-order valence-corrected chi connectivity index (χ4v) is 5.29. The predicted molar refractivity (Wildman–Crippen MR) is 73.3 cm³/mol. The molecule has 0 aliphatic heterocycles. The second-order valence-corrected chi connectivity index (χ2v) is 7.80. The summed E-state index contributed by atoms with van der Waals surface area (Å²) in [4.78, 5) is 34.9. The van der Waals surface area contributed by atoms with E-state index in [1.807, 2.05) is 0 Å². The van der Waals surface area contributed by atoms with Gasteiger partial charge >= 0.3 is 17.8 Å². The minimum absolute atomic E-state index is 0.00993. The second kappa shape index (κ2) is 5.41. The van der Waals surface area contributed by atoms with Crippen LogP contribution in [0.15, 0.2) is 0 Å². The molecule has 0 radical (unpaired) electrons. The standard InChI is InChI=1S/C16H19F4NO4/c1-21(12(23)15(17,18)16(19,20)13(24)25)11(22)14-5-8-2-9(6-14)4-10(3-8)7-14/h8-10H,2-7H2,1H3,(H,24,25)/p-1. The molecule has 0 atom stereocenters. The number of halogens is 4. The minimum Gasteiger partial charge on any atom is -0.544 e. The fourth-order valence-electron chi connectivity index (χ4n) is 5.29. The van der Waals surface area contributed by atoms with E-state index in [-0.39, 0.29) is 22.7 Å². The Balaban J connectivity index is 1.83. The van der Waals surface area contributed by atoms with Crippen LogP contribution in [-0.2, 0) is 14.4 Å². The maximum atomic E-state index is 13.7. The molecule has 0 heterocycles. The highest BCUT2D eigenvalue weighted by Crippen LogP contribution is 2.60. The van der Waals surface area contributed by atoms with E-state index in [4.69, 9.17) is 0 Å². The average molecular weight is 364 g/mol. The number of rotatable bonds is 4. The van der Waals surface area contributed by atoms with Crippen molar-refractivity contribution in [2.45, 2.75) is 50.4 Å². The third kappa shape index (κ3) is 2.54. The first kappa shape index (κ1) is 18.1. The van der Waals surface area contributed by atoms with Gasteiger partial charge in [-0.3, -0.25) is 14.5 Å². The molecule has 25 heavy (non-hydrogen) atoms. The van der Waals surface area contributed by atoms with Gasteiger partial charge in [-0.05, 0) is 56.3 Å². The van der Waals surface area contributed by atoms with Crippen LogP contribution in [0.3, 0.4) is 0 Å². The lowest BCUT2D eigenvalue weighted by molar-refractivity contribution is -0.345. The molecule has 0 saturated heterocycles. The number of amides is 2. The van der Waals surface area contributed by atoms with Crippen LogP contribution in [0.2, 0.25) is 0 Å². The smallest absolute Gasteiger partial charge is 0.392 e. The zero-order valence-electron chi connectivity index (χ0n) is 13.6. The number of carbonyl (C=O) groups excluding carboxylic acids is 3. The molecule has 0 unspecified atom stereocenters. The van der Waals surface area contributed by atoms with Crippen LogP contribution in [-0.4, -0.2) is 41.6 Å². The number of hydrogen-bond donors (Lipinski definition) is 0. The minimum atomic E-state index is -5.69. The van der Waals surface area contributed by atoms with Crippen LogP contribution >= 0.6 is 0 Å². The number of carbonyl (C=O) groups is 3. The number of aliphatic carboxylic acids is 1. The maximum absolute atomic E-state index is 13.7. The monoisotopic (exact) mass is 364 g/mol. The van der Waals surface area contributed by atoms with Crippen molar-refractivity contribution in [3.05, 3.63) is 0 Å². The zero-order chi connectivity index (χ0) is 18.8. The molecule has 4 aliphatic carbocycles. The van der Waals surface area contributed by atoms with Crippen molar-refractivity contribution in [2.24, 2.45) is 23.2 Å². The van der Waals surface area contributed by atoms with Crippen LogP contribution in [0.4, 0.5) is 17.6 Å². The van der Waals surface area contributed by atoms with Gasteiger partial charge in [0.1, 0.15) is 5.97 Å². The Kier molecular flexibility index (Phi) is 3.92. The molecular weight excluding hydrogens is 346 g/mol. The molecule has 0 spiro atoms. The third-order valence-electron chi connectivity index (χ3n) is 6.02. The molecule has 2 amide bonds. The number of nitrogens with zero attached hydrogens (tertiary/aromatic N) is 1. The lowest BCUT2D eigenvalue weighted by Gasteiger charge is -2.56. The quantitative estimate of drug-likeness (QED) is 0.703. The molecule has 4 aliphatic rings. The number of carboxylic acid groups (broad SMARTS) is 1. The van der Waals surface area contributed by atoms with Gasteiger partial charge in [-0.2, -0.15) is 17.6 Å². The highest BCUT2D eigenvalue weighted by atomic mass is 19.3. The highest BCUT2D eigenvalue weighted by molar-refractivity contribution is 6.03. The van der Waals surface area contributed by atoms with Crippen molar-refractivity contribution in [2.75, 3.05) is 7.05 Å². The SMILES string of the molecule is CN(C(=O)C12CC3CC(CC(C3)C1)C2)C(=O)C(F)(F)C(F)(F)C(=O)[O-]. The number of hydrogen-bond acceptors (Lipinski definition) is 4. The molecule has 4 rings (SSSR count). The number of alkyl halides is 4. The number of imide groups is 1. The Bertz CT molecular complexity index is 598. The maximum Gasteiger partial charge on any atom is 0.392 e. The van der Waals surface area contributed by atoms with Crippen LogP contribution < -0.4 is 5.11 Å². The molecular formula is C16H18F4NO4-. The first-order valence-electron chi connectivity index (χ1n) is 8.20. The van der Waals surface area contributed by atoms with Crippen molar-refractivity contribution < 1.29 is 37.1 Å². The Morgan fingerprint density at radius 1 is 0.920 bits per heavy atom. The van der Waals surface area contributed by atoms with Gasteiger partial charge in [0, 0.05) is 7.05 Å². The van der Waals surface area contributed by atoms with E-state index in [2.05, 4.69) is 0 Å². The average Bonchev–Trinajstić information content (AvgIpc) is 2.51. The summed E-state index contributed by atoms with van der Waals surface area (Å²) in [5.41, 5.74) is -0.980. The van der Waals surface area contributed by atoms with E-state index in [1.54, 1.807) is 0 Å². The van der Waals surface area contributed by atoms with E-state index >= 15 is 0 Å². The summed E-state index contributed by atoms with van der Waals surface area (Å²) in [7, 11) is 0.711. The van der Waals surface area contributed by atoms with Gasteiger partial charge < -0.3 is 9.90 Å². The Hall–Kier alpha value is -1.67. The van der Waals surface area contributed by atoms with Crippen molar-refractivity contribution in [3.8, 4) is 0 Å². The van der Waals surface area contributed by atoms with Gasteiger partial charge in [0.25, 0.3) is 0 Å². The first-order valence-corrected chi connectivity index (χ1v) is 8.20. The van der Waals surface area contributed by atoms with Gasteiger partial charge in [0.15, 0.2) is 0 Å². The van der Waals surface area contributed by atoms with Gasteiger partial charge in [0.05, 0.1) is 5.41 Å². The molecule has 4 fully saturated rings. The Labute approximate surface area is 141 Å². The molecule has 4 saturated carbocycles. The van der Waals surface area contributed by atoms with Crippen LogP contribution in [0.5, 0.6) is 0 Å². The summed E-state index contributed by atoms with van der Waals surface area (Å²) in [6.45, 7) is 0. The summed E-state index contributed by atoms with van der Waals surface area (Å²) in [6, 6.07) is 0. The van der Waals surface area contributed by atoms with E-state index in [0.29, 0.717) is 26.3 Å². The van der Waals surface area contributed by atoms with Crippen molar-refractivity contribution in [3.63, 3.8) is 0 Å². The molecule has 0 aromatic rings. The summed E-state index contributed by atoms with van der Waals surface area (Å²) < 4.78 is 53.8. The van der Waals surface area contributed by atoms with E-state index in [9.17, 15) is 37.1 Å². The second-order valence-electron chi connectivity index (χ2n) is 7.80. The Morgan fingerprint density at radius 3 is 1.68 bits per heavy atom. The fraction of sp³-hybridized carbons (Fsp3) is 0.812. The number of carboxylic acids is 1. The van der Waals surface area contributed by atoms with Gasteiger partial charge in [0.2, 0.25) is 5.91 Å². The van der Waals surface area contributed by atoms with Gasteiger partial charge in [-0.1, -0.05) is 0 Å². The first-order chi connectivity index (χ1) is 11.4. The lowest BCUT2D eigenvalue weighted by atomic mass is 9.49. The van der Waals surface area contributed by atoms with Crippen LogP contribution in [0, 0.1) is 23.2 Å². The Morgan fingerprint density at radius 2 is 1.32 bits per heavy atom. The largest absolute Gasteiger partial charge is 0.544 e. The molecule has 5 nitrogen and oxygen atoms in total. The molecule has 0 aromatic carbocycles. The topological polar surface area (TPSA) is 77.5 Å². The molecule has 9 heteroatoms. The van der Waals surface area contributed by atoms with Crippen LogP contribution in [0.1, 0.15) is 38.5 Å². The van der Waals surface area contributed by atoms with Gasteiger partial charge in [-0.15, -0.1) is 0 Å². The normalized spacial score (nSPS) is 34.0. The van der Waals surface area contributed by atoms with E-state index in [1.165, 1.54) is 0 Å². The third-order valence-corrected chi connectivity index (χ3v) is 6.02. The van der Waals surface area contributed by atoms with Gasteiger partial charge in [-0.25, -0.2) is 0 Å². The molecule has 4 bridgehead atoms. The summed E-state index contributed by atoms with van der Waals surface area (Å²) >= 11 is 0. The van der Waals surface area contributed by atoms with Crippen molar-refractivity contribution in [1.29, 1.82) is 0 Å². The molecule has 0 N–H and O–H groups in total. The zero-order valence-corrected chi connectivity index (χ0v) is 13.6. The van der Waals surface area contributed by atoms with E-state index in [0.717, 1.165) is 19.3 Å². The summed E-state index contributed by atoms with van der Waals surface area (Å²) in [6.07, 6.45) is 4.25. The van der Waals surface area contributed by atoms with Crippen molar-refractivity contribution >= 4 is 17.8 Å². The summed E-state index contributed by atoms with van der Waals surface area (Å²) in [5.74, 6) is -17.2. The lowest BCUT2D eigenvalue weighted by Crippen LogP contribution is -2.63. The molecule has 140 valence electrons. The van der Waals surface area contributed by atoms with E-state index < -0.39 is 35.0 Å². The highest BCUT2D eigenvalue weighted by Gasteiger charge is 2.66. The van der Waals surface area contributed by atoms with Crippen molar-refractivity contribution in [1.82, 2.24) is 4.90 Å². The summed E-state index contributed by atoms with van der Waals surface area (Å²) in [5, 5.41) is 10.3. The van der Waals surface area contributed by atoms with Crippen LogP contribution in [0.25, 0.3) is 0 Å². The predicted octanol–water partition coefficient (Wildman–Crippen LogP) is 1.21.